The molecule has 0 bridgehead atoms. The first-order chi connectivity index (χ1) is 15.4. The lowest BCUT2D eigenvalue weighted by molar-refractivity contribution is -0.117. The zero-order valence-electron chi connectivity index (χ0n) is 16.9. The summed E-state index contributed by atoms with van der Waals surface area (Å²) in [6.07, 6.45) is 0. The fourth-order valence-electron chi connectivity index (χ4n) is 3.32. The number of benzene rings is 3. The average molecular weight is 497 g/mol. The maximum Gasteiger partial charge on any atom is 0.256 e. The number of ether oxygens (including phenoxy) is 1. The van der Waals surface area contributed by atoms with Gasteiger partial charge in [-0.15, -0.1) is 0 Å². The number of methoxy groups -OCH3 is 1. The van der Waals surface area contributed by atoms with Gasteiger partial charge in [0.2, 0.25) is 5.91 Å². The predicted octanol–water partition coefficient (Wildman–Crippen LogP) is 4.55. The van der Waals surface area contributed by atoms with Crippen molar-refractivity contribution in [1.29, 1.82) is 0 Å². The third-order valence-electron chi connectivity index (χ3n) is 4.97. The van der Waals surface area contributed by atoms with Gasteiger partial charge in [-0.1, -0.05) is 34.1 Å². The number of hydrogen-bond donors (Lipinski definition) is 3. The minimum atomic E-state index is -0.697. The van der Waals surface area contributed by atoms with E-state index in [0.29, 0.717) is 44.7 Å². The summed E-state index contributed by atoms with van der Waals surface area (Å²) < 4.78 is 19.5. The number of carbonyl (C=O) groups excluding carboxylic acids is 2. The van der Waals surface area contributed by atoms with Crippen molar-refractivity contribution in [2.24, 2.45) is 5.73 Å². The van der Waals surface area contributed by atoms with Crippen LogP contribution in [0.2, 0.25) is 0 Å². The number of halogens is 2. The summed E-state index contributed by atoms with van der Waals surface area (Å²) in [7, 11) is 1.52. The number of alkyl halides is 1. The van der Waals surface area contributed by atoms with Crippen molar-refractivity contribution in [1.82, 2.24) is 10.2 Å². The topological polar surface area (TPSA) is 110 Å². The molecule has 4 aromatic rings. The summed E-state index contributed by atoms with van der Waals surface area (Å²) in [5.74, 6) is -0.447. The molecule has 0 spiro atoms. The third kappa shape index (κ3) is 4.19. The molecule has 0 saturated carbocycles. The average Bonchev–Trinajstić information content (AvgIpc) is 3.20. The van der Waals surface area contributed by atoms with E-state index >= 15 is 0 Å². The van der Waals surface area contributed by atoms with Crippen LogP contribution in [-0.4, -0.2) is 29.1 Å². The highest BCUT2D eigenvalue weighted by molar-refractivity contribution is 9.09. The first kappa shape index (κ1) is 21.5. The van der Waals surface area contributed by atoms with Crippen molar-refractivity contribution < 1.29 is 18.7 Å². The van der Waals surface area contributed by atoms with E-state index in [0.717, 1.165) is 0 Å². The molecule has 0 radical (unpaired) electrons. The number of amides is 2. The smallest absolute Gasteiger partial charge is 0.256 e. The molecule has 1 atom stereocenters. The Balaban J connectivity index is 1.61. The van der Waals surface area contributed by atoms with Crippen molar-refractivity contribution in [2.75, 3.05) is 12.4 Å². The second-order valence-electron chi connectivity index (χ2n) is 7.02. The van der Waals surface area contributed by atoms with Crippen LogP contribution in [0.5, 0.6) is 5.75 Å². The van der Waals surface area contributed by atoms with Gasteiger partial charge >= 0.3 is 0 Å². The largest absolute Gasteiger partial charge is 0.497 e. The number of fused-ring (bicyclic) bond motifs is 1. The number of nitrogens with one attached hydrogen (secondary N) is 2. The molecule has 0 fully saturated rings. The molecular formula is C23H18BrFN4O3. The summed E-state index contributed by atoms with van der Waals surface area (Å²) in [4.78, 5) is 23.4. The molecule has 4 rings (SSSR count). The Bertz CT molecular complexity index is 1340. The van der Waals surface area contributed by atoms with Crippen molar-refractivity contribution in [3.63, 3.8) is 0 Å². The molecule has 7 nitrogen and oxygen atoms in total. The Morgan fingerprint density at radius 2 is 1.97 bits per heavy atom. The van der Waals surface area contributed by atoms with E-state index < -0.39 is 16.6 Å². The predicted molar refractivity (Wildman–Crippen MR) is 123 cm³/mol. The highest BCUT2D eigenvalue weighted by Crippen LogP contribution is 2.31. The summed E-state index contributed by atoms with van der Waals surface area (Å²) in [6.45, 7) is 0. The molecule has 4 N–H and O–H groups in total. The van der Waals surface area contributed by atoms with Crippen LogP contribution in [0.25, 0.3) is 22.0 Å². The van der Waals surface area contributed by atoms with Gasteiger partial charge in [0, 0.05) is 16.5 Å². The summed E-state index contributed by atoms with van der Waals surface area (Å²) in [6, 6.07) is 16.3. The number of carbonyl (C=O) groups is 2. The van der Waals surface area contributed by atoms with Crippen molar-refractivity contribution in [2.45, 2.75) is 4.83 Å². The number of rotatable bonds is 6. The van der Waals surface area contributed by atoms with Gasteiger partial charge in [-0.2, -0.15) is 5.10 Å². The van der Waals surface area contributed by atoms with Crippen LogP contribution in [0.4, 0.5) is 10.2 Å². The third-order valence-corrected chi connectivity index (χ3v) is 5.95. The van der Waals surface area contributed by atoms with Gasteiger partial charge in [-0.25, -0.2) is 4.39 Å². The fraction of sp³-hybridized carbons (Fsp3) is 0.0870. The van der Waals surface area contributed by atoms with E-state index in [1.54, 1.807) is 54.6 Å². The number of aromatic amines is 1. The molecule has 0 saturated heterocycles. The molecule has 9 heteroatoms. The first-order valence-corrected chi connectivity index (χ1v) is 10.5. The lowest BCUT2D eigenvalue weighted by Crippen LogP contribution is -2.18. The molecule has 0 aliphatic heterocycles. The normalized spacial score (nSPS) is 11.8. The summed E-state index contributed by atoms with van der Waals surface area (Å²) in [5.41, 5.74) is 7.89. The molecular weight excluding hydrogens is 479 g/mol. The maximum absolute atomic E-state index is 14.3. The highest BCUT2D eigenvalue weighted by atomic mass is 79.9. The number of primary amides is 1. The number of nitrogens with two attached hydrogens (primary N) is 1. The first-order valence-electron chi connectivity index (χ1n) is 9.54. The Labute approximate surface area is 190 Å². The molecule has 2 amide bonds. The Kier molecular flexibility index (Phi) is 5.91. The molecule has 32 heavy (non-hydrogen) atoms. The monoisotopic (exact) mass is 496 g/mol. The molecule has 1 unspecified atom stereocenters. The zero-order chi connectivity index (χ0) is 22.8. The van der Waals surface area contributed by atoms with Gasteiger partial charge in [0.05, 0.1) is 12.6 Å². The maximum atomic E-state index is 14.3. The zero-order valence-corrected chi connectivity index (χ0v) is 18.4. The van der Waals surface area contributed by atoms with Crippen LogP contribution in [-0.2, 0) is 4.79 Å². The van der Waals surface area contributed by atoms with E-state index in [9.17, 15) is 14.0 Å². The molecule has 1 aromatic heterocycles. The van der Waals surface area contributed by atoms with Gasteiger partial charge in [0.15, 0.2) is 5.82 Å². The minimum Gasteiger partial charge on any atom is -0.497 e. The van der Waals surface area contributed by atoms with Gasteiger partial charge in [-0.3, -0.25) is 14.7 Å². The highest BCUT2D eigenvalue weighted by Gasteiger charge is 2.17. The van der Waals surface area contributed by atoms with Crippen molar-refractivity contribution in [3.8, 4) is 16.9 Å². The molecule has 1 heterocycles. The number of nitrogens with zero attached hydrogens (tertiary/aromatic N) is 1. The van der Waals surface area contributed by atoms with Crippen LogP contribution in [0.3, 0.4) is 0 Å². The fourth-order valence-corrected chi connectivity index (χ4v) is 3.60. The molecule has 3 aromatic carbocycles. The quantitative estimate of drug-likeness (QED) is 0.340. The number of aromatic nitrogens is 2. The van der Waals surface area contributed by atoms with E-state index in [1.165, 1.54) is 13.2 Å². The Morgan fingerprint density at radius 3 is 2.72 bits per heavy atom. The SMILES string of the molecule is COc1ccc(F)c(-c2ccc3c(NC(=O)c4cccc(C(Br)C(N)=O)c4)n[nH]c3c2)c1. The van der Waals surface area contributed by atoms with Crippen LogP contribution in [0, 0.1) is 5.82 Å². The lowest BCUT2D eigenvalue weighted by Gasteiger charge is -2.09. The molecule has 162 valence electrons. The van der Waals surface area contributed by atoms with Crippen LogP contribution in [0.1, 0.15) is 20.7 Å². The van der Waals surface area contributed by atoms with Crippen molar-refractivity contribution >= 4 is 44.5 Å². The van der Waals surface area contributed by atoms with E-state index in [2.05, 4.69) is 31.4 Å². The summed E-state index contributed by atoms with van der Waals surface area (Å²) >= 11 is 3.21. The van der Waals surface area contributed by atoms with Crippen molar-refractivity contribution in [3.05, 3.63) is 77.6 Å². The van der Waals surface area contributed by atoms with Gasteiger partial charge in [0.25, 0.3) is 5.91 Å². The number of H-pyrrole nitrogens is 1. The number of hydrogen-bond acceptors (Lipinski definition) is 4. The Morgan fingerprint density at radius 1 is 1.16 bits per heavy atom. The second kappa shape index (κ2) is 8.80. The summed E-state index contributed by atoms with van der Waals surface area (Å²) in [5, 5.41) is 10.5. The standard InChI is InChI=1S/C23H18BrFN4O3/c1-32-15-6-8-18(25)17(11-15)12-5-7-16-19(10-12)28-29-22(16)27-23(31)14-4-2-3-13(9-14)20(24)21(26)30/h2-11,20H,1H3,(H2,26,30)(H2,27,28,29,31). The van der Waals surface area contributed by atoms with Gasteiger partial charge in [-0.05, 0) is 53.6 Å². The van der Waals surface area contributed by atoms with Crippen LogP contribution in [0.15, 0.2) is 60.7 Å². The van der Waals surface area contributed by atoms with E-state index in [-0.39, 0.29) is 5.82 Å². The minimum absolute atomic E-state index is 0.332. The van der Waals surface area contributed by atoms with Crippen LogP contribution >= 0.6 is 15.9 Å². The van der Waals surface area contributed by atoms with Gasteiger partial charge in [0.1, 0.15) is 16.4 Å². The van der Waals surface area contributed by atoms with E-state index in [4.69, 9.17) is 10.5 Å². The van der Waals surface area contributed by atoms with Crippen LogP contribution < -0.4 is 15.8 Å². The lowest BCUT2D eigenvalue weighted by atomic mass is 10.0. The second-order valence-corrected chi connectivity index (χ2v) is 7.94. The van der Waals surface area contributed by atoms with E-state index in [1.807, 2.05) is 0 Å². The Hall–Kier alpha value is -3.72. The molecule has 0 aliphatic rings. The molecule has 0 aliphatic carbocycles. The van der Waals surface area contributed by atoms with Gasteiger partial charge < -0.3 is 15.8 Å². The number of anilines is 1.